The molecule has 5 heteroatoms. The molecule has 1 aromatic heterocycles. The Hall–Kier alpha value is -1.62. The second-order valence-electron chi connectivity index (χ2n) is 5.11. The molecule has 5 nitrogen and oxygen atoms in total. The summed E-state index contributed by atoms with van der Waals surface area (Å²) in [6.07, 6.45) is 3.97. The standard InChI is InChI=1S/C14H21N3O2/c1-17(2)14(18)12-5-6-13(16-9-12)19-10-11-4-3-7-15-8-11/h5-6,9,11,15H,3-4,7-8,10H2,1-2H3. The zero-order valence-electron chi connectivity index (χ0n) is 11.6. The Balaban J connectivity index is 1.86. The first-order valence-corrected chi connectivity index (χ1v) is 6.68. The topological polar surface area (TPSA) is 54.5 Å². The minimum atomic E-state index is -0.0458. The molecule has 0 aromatic carbocycles. The van der Waals surface area contributed by atoms with Gasteiger partial charge in [0.05, 0.1) is 12.2 Å². The lowest BCUT2D eigenvalue weighted by atomic mass is 10.0. The highest BCUT2D eigenvalue weighted by atomic mass is 16.5. The van der Waals surface area contributed by atoms with E-state index in [1.807, 2.05) is 0 Å². The molecule has 1 aliphatic rings. The Labute approximate surface area is 114 Å². The van der Waals surface area contributed by atoms with Crippen LogP contribution in [0, 0.1) is 5.92 Å². The van der Waals surface area contributed by atoms with Crippen LogP contribution in [-0.4, -0.2) is 49.6 Å². The van der Waals surface area contributed by atoms with Gasteiger partial charge in [0.2, 0.25) is 5.88 Å². The van der Waals surface area contributed by atoms with Crippen molar-refractivity contribution in [3.05, 3.63) is 23.9 Å². The quantitative estimate of drug-likeness (QED) is 0.885. The van der Waals surface area contributed by atoms with Crippen molar-refractivity contribution in [1.29, 1.82) is 0 Å². The summed E-state index contributed by atoms with van der Waals surface area (Å²) in [7, 11) is 3.45. The van der Waals surface area contributed by atoms with E-state index in [-0.39, 0.29) is 5.91 Å². The first kappa shape index (κ1) is 13.8. The van der Waals surface area contributed by atoms with E-state index >= 15 is 0 Å². The molecule has 19 heavy (non-hydrogen) atoms. The number of hydrogen-bond acceptors (Lipinski definition) is 4. The molecule has 1 fully saturated rings. The molecule has 0 radical (unpaired) electrons. The van der Waals surface area contributed by atoms with E-state index in [1.165, 1.54) is 17.7 Å². The third-order valence-corrected chi connectivity index (χ3v) is 3.26. The van der Waals surface area contributed by atoms with Gasteiger partial charge in [0.15, 0.2) is 0 Å². The van der Waals surface area contributed by atoms with Gasteiger partial charge in [0.1, 0.15) is 0 Å². The Bertz CT molecular complexity index is 411. The van der Waals surface area contributed by atoms with Crippen LogP contribution >= 0.6 is 0 Å². The van der Waals surface area contributed by atoms with Gasteiger partial charge in [0.25, 0.3) is 5.91 Å². The third kappa shape index (κ3) is 3.92. The van der Waals surface area contributed by atoms with E-state index < -0.39 is 0 Å². The number of piperidine rings is 1. The summed E-state index contributed by atoms with van der Waals surface area (Å²) in [4.78, 5) is 17.4. The summed E-state index contributed by atoms with van der Waals surface area (Å²) in [5, 5.41) is 3.36. The molecule has 0 aliphatic carbocycles. The first-order valence-electron chi connectivity index (χ1n) is 6.68. The molecule has 2 rings (SSSR count). The SMILES string of the molecule is CN(C)C(=O)c1ccc(OCC2CCCNC2)nc1. The zero-order valence-corrected chi connectivity index (χ0v) is 11.6. The summed E-state index contributed by atoms with van der Waals surface area (Å²) in [5.41, 5.74) is 0.580. The van der Waals surface area contributed by atoms with Gasteiger partial charge in [-0.25, -0.2) is 4.98 Å². The fourth-order valence-electron chi connectivity index (χ4n) is 2.12. The molecule has 0 spiro atoms. The largest absolute Gasteiger partial charge is 0.477 e. The van der Waals surface area contributed by atoms with Gasteiger partial charge in [-0.15, -0.1) is 0 Å². The number of aromatic nitrogens is 1. The van der Waals surface area contributed by atoms with Crippen LogP contribution in [0.3, 0.4) is 0 Å². The van der Waals surface area contributed by atoms with Gasteiger partial charge in [-0.05, 0) is 25.5 Å². The van der Waals surface area contributed by atoms with Crippen molar-refractivity contribution in [2.75, 3.05) is 33.8 Å². The third-order valence-electron chi connectivity index (χ3n) is 3.26. The Kier molecular flexibility index (Phi) is 4.74. The van der Waals surface area contributed by atoms with Crippen LogP contribution in [0.15, 0.2) is 18.3 Å². The number of nitrogens with one attached hydrogen (secondary N) is 1. The molecule has 1 aromatic rings. The Morgan fingerprint density at radius 3 is 2.95 bits per heavy atom. The van der Waals surface area contributed by atoms with E-state index in [9.17, 15) is 4.79 Å². The highest BCUT2D eigenvalue weighted by Crippen LogP contribution is 2.14. The number of carbonyl (C=O) groups excluding carboxylic acids is 1. The lowest BCUT2D eigenvalue weighted by molar-refractivity contribution is 0.0827. The molecule has 0 bridgehead atoms. The molecule has 104 valence electrons. The highest BCUT2D eigenvalue weighted by molar-refractivity contribution is 5.93. The van der Waals surface area contributed by atoms with Crippen molar-refractivity contribution in [3.8, 4) is 5.88 Å². The maximum atomic E-state index is 11.7. The molecule has 0 saturated carbocycles. The number of nitrogens with zero attached hydrogens (tertiary/aromatic N) is 2. The second-order valence-corrected chi connectivity index (χ2v) is 5.11. The van der Waals surface area contributed by atoms with Crippen molar-refractivity contribution in [2.45, 2.75) is 12.8 Å². The van der Waals surface area contributed by atoms with Gasteiger partial charge in [-0.1, -0.05) is 0 Å². The summed E-state index contributed by atoms with van der Waals surface area (Å²) < 4.78 is 5.66. The maximum Gasteiger partial charge on any atom is 0.254 e. The zero-order chi connectivity index (χ0) is 13.7. The molecule has 1 aliphatic heterocycles. The smallest absolute Gasteiger partial charge is 0.254 e. The second kappa shape index (κ2) is 6.52. The van der Waals surface area contributed by atoms with Gasteiger partial charge < -0.3 is 15.0 Å². The van der Waals surface area contributed by atoms with Crippen LogP contribution in [0.5, 0.6) is 5.88 Å². The van der Waals surface area contributed by atoms with Crippen molar-refractivity contribution in [2.24, 2.45) is 5.92 Å². The molecular formula is C14H21N3O2. The number of ether oxygens (including phenoxy) is 1. The van der Waals surface area contributed by atoms with E-state index in [4.69, 9.17) is 4.74 Å². The van der Waals surface area contributed by atoms with E-state index in [2.05, 4.69) is 10.3 Å². The average molecular weight is 263 g/mol. The van der Waals surface area contributed by atoms with Crippen molar-refractivity contribution >= 4 is 5.91 Å². The lowest BCUT2D eigenvalue weighted by Crippen LogP contribution is -2.33. The average Bonchev–Trinajstić information content (AvgIpc) is 2.46. The van der Waals surface area contributed by atoms with Crippen molar-refractivity contribution in [3.63, 3.8) is 0 Å². The summed E-state index contributed by atoms with van der Waals surface area (Å²) >= 11 is 0. The lowest BCUT2D eigenvalue weighted by Gasteiger charge is -2.22. The van der Waals surface area contributed by atoms with Crippen LogP contribution < -0.4 is 10.1 Å². The molecule has 1 unspecified atom stereocenters. The maximum absolute atomic E-state index is 11.7. The number of rotatable bonds is 4. The molecule has 2 heterocycles. The summed E-state index contributed by atoms with van der Waals surface area (Å²) in [5.74, 6) is 1.09. The number of pyridine rings is 1. The molecule has 1 saturated heterocycles. The molecule has 1 N–H and O–H groups in total. The van der Waals surface area contributed by atoms with E-state index in [0.29, 0.717) is 24.0 Å². The van der Waals surface area contributed by atoms with Gasteiger partial charge in [-0.2, -0.15) is 0 Å². The fraction of sp³-hybridized carbons (Fsp3) is 0.571. The summed E-state index contributed by atoms with van der Waals surface area (Å²) in [6, 6.07) is 3.51. The fourth-order valence-corrected chi connectivity index (χ4v) is 2.12. The highest BCUT2D eigenvalue weighted by Gasteiger charge is 2.14. The van der Waals surface area contributed by atoms with Crippen LogP contribution in [0.1, 0.15) is 23.2 Å². The predicted octanol–water partition coefficient (Wildman–Crippen LogP) is 1.16. The number of carbonyl (C=O) groups is 1. The van der Waals surface area contributed by atoms with Gasteiger partial charge in [0, 0.05) is 38.8 Å². The van der Waals surface area contributed by atoms with E-state index in [1.54, 1.807) is 32.4 Å². The first-order chi connectivity index (χ1) is 9.16. The van der Waals surface area contributed by atoms with Gasteiger partial charge in [-0.3, -0.25) is 4.79 Å². The molecule has 1 atom stereocenters. The molecule has 1 amide bonds. The van der Waals surface area contributed by atoms with E-state index in [0.717, 1.165) is 13.1 Å². The van der Waals surface area contributed by atoms with Crippen LogP contribution in [-0.2, 0) is 0 Å². The van der Waals surface area contributed by atoms with Crippen LogP contribution in [0.2, 0.25) is 0 Å². The summed E-state index contributed by atoms with van der Waals surface area (Å²) in [6.45, 7) is 2.80. The predicted molar refractivity (Wildman–Crippen MR) is 73.3 cm³/mol. The minimum absolute atomic E-state index is 0.0458. The van der Waals surface area contributed by atoms with Crippen LogP contribution in [0.25, 0.3) is 0 Å². The van der Waals surface area contributed by atoms with Crippen molar-refractivity contribution < 1.29 is 9.53 Å². The van der Waals surface area contributed by atoms with Crippen LogP contribution in [0.4, 0.5) is 0 Å². The number of amides is 1. The Morgan fingerprint density at radius 2 is 2.37 bits per heavy atom. The monoisotopic (exact) mass is 263 g/mol. The minimum Gasteiger partial charge on any atom is -0.477 e. The van der Waals surface area contributed by atoms with Gasteiger partial charge >= 0.3 is 0 Å². The number of hydrogen-bond donors (Lipinski definition) is 1. The normalized spacial score (nSPS) is 18.9. The Morgan fingerprint density at radius 1 is 1.53 bits per heavy atom. The van der Waals surface area contributed by atoms with Crippen molar-refractivity contribution in [1.82, 2.24) is 15.2 Å². The molecular weight excluding hydrogens is 242 g/mol.